The van der Waals surface area contributed by atoms with Crippen molar-refractivity contribution in [3.05, 3.63) is 52.1 Å². The number of sulfonamides is 1. The summed E-state index contributed by atoms with van der Waals surface area (Å²) in [4.78, 5) is 38.0. The topological polar surface area (TPSA) is 140 Å². The number of fused-ring (bicyclic) bond motifs is 1. The summed E-state index contributed by atoms with van der Waals surface area (Å²) in [6.45, 7) is 0.403. The van der Waals surface area contributed by atoms with Gasteiger partial charge in [0.05, 0.1) is 42.1 Å². The normalized spacial score (nSPS) is 18.4. The minimum Gasteiger partial charge on any atom is -0.469 e. The van der Waals surface area contributed by atoms with Crippen LogP contribution in [0.15, 0.2) is 40.9 Å². The van der Waals surface area contributed by atoms with Gasteiger partial charge in [0.25, 0.3) is 5.91 Å². The maximum atomic E-state index is 13.1. The van der Waals surface area contributed by atoms with E-state index in [-0.39, 0.29) is 36.8 Å². The Balaban J connectivity index is 1.43. The first-order valence-electron chi connectivity index (χ1n) is 14.4. The zero-order valence-electron chi connectivity index (χ0n) is 24.4. The molecule has 13 heteroatoms. The van der Waals surface area contributed by atoms with Crippen LogP contribution >= 0.6 is 15.9 Å². The zero-order chi connectivity index (χ0) is 30.9. The molecule has 2 aliphatic rings. The number of rotatable bonds is 11. The monoisotopic (exact) mass is 673 g/mol. The fraction of sp³-hybridized carbons (Fsp3) is 0.467. The minimum atomic E-state index is -3.70. The van der Waals surface area contributed by atoms with Crippen LogP contribution in [0.25, 0.3) is 16.6 Å². The maximum Gasteiger partial charge on any atom is 0.309 e. The third kappa shape index (κ3) is 6.57. The van der Waals surface area contributed by atoms with Crippen molar-refractivity contribution in [2.24, 2.45) is 11.8 Å². The Morgan fingerprint density at radius 3 is 2.42 bits per heavy atom. The van der Waals surface area contributed by atoms with Crippen LogP contribution in [-0.4, -0.2) is 69.5 Å². The van der Waals surface area contributed by atoms with E-state index in [1.54, 1.807) is 17.8 Å². The second-order valence-electron chi connectivity index (χ2n) is 11.2. The van der Waals surface area contributed by atoms with Crippen LogP contribution in [0.2, 0.25) is 0 Å². The number of amides is 2. The lowest BCUT2D eigenvalue weighted by molar-refractivity contribution is -0.149. The lowest BCUT2D eigenvalue weighted by Gasteiger charge is -2.25. The number of anilines is 1. The second kappa shape index (κ2) is 12.7. The van der Waals surface area contributed by atoms with Crippen LogP contribution in [0.4, 0.5) is 5.69 Å². The Morgan fingerprint density at radius 1 is 1.09 bits per heavy atom. The average molecular weight is 675 g/mol. The van der Waals surface area contributed by atoms with Gasteiger partial charge >= 0.3 is 5.97 Å². The summed E-state index contributed by atoms with van der Waals surface area (Å²) < 4.78 is 35.0. The van der Waals surface area contributed by atoms with Crippen LogP contribution in [0, 0.1) is 11.8 Å². The Morgan fingerprint density at radius 2 is 1.79 bits per heavy atom. The number of benzene rings is 2. The Hall–Kier alpha value is -3.45. The van der Waals surface area contributed by atoms with Gasteiger partial charge in [-0.3, -0.25) is 18.7 Å². The van der Waals surface area contributed by atoms with Gasteiger partial charge in [0.1, 0.15) is 5.69 Å². The van der Waals surface area contributed by atoms with E-state index in [1.807, 2.05) is 30.3 Å². The Bertz CT molecular complexity index is 1650. The summed E-state index contributed by atoms with van der Waals surface area (Å²) in [7, 11) is -0.804. The molecular formula is C30H36BrN5O6S. The van der Waals surface area contributed by atoms with E-state index in [9.17, 15) is 22.8 Å². The third-order valence-corrected chi connectivity index (χ3v) is 9.92. The molecule has 3 aromatic rings. The number of methoxy groups -OCH3 is 1. The molecule has 11 nitrogen and oxygen atoms in total. The van der Waals surface area contributed by atoms with Gasteiger partial charge in [0, 0.05) is 30.0 Å². The van der Waals surface area contributed by atoms with Crippen LogP contribution in [-0.2, 0) is 24.3 Å². The zero-order valence-corrected chi connectivity index (χ0v) is 26.8. The Labute approximate surface area is 259 Å². The number of ether oxygens (including phenoxy) is 1. The average Bonchev–Trinajstić information content (AvgIpc) is 3.58. The predicted octanol–water partition coefficient (Wildman–Crippen LogP) is 3.89. The molecule has 2 aromatic carbocycles. The summed E-state index contributed by atoms with van der Waals surface area (Å²) in [5, 5.41) is 11.0. The molecule has 5 rings (SSSR count). The highest BCUT2D eigenvalue weighted by Crippen LogP contribution is 2.46. The van der Waals surface area contributed by atoms with E-state index in [0.717, 1.165) is 29.3 Å². The van der Waals surface area contributed by atoms with Crippen molar-refractivity contribution < 1.29 is 27.5 Å². The molecule has 43 heavy (non-hydrogen) atoms. The fourth-order valence-electron chi connectivity index (χ4n) is 5.92. The lowest BCUT2D eigenvalue weighted by atomic mass is 9.95. The highest BCUT2D eigenvalue weighted by atomic mass is 79.9. The number of aromatic nitrogens is 2. The van der Waals surface area contributed by atoms with Crippen molar-refractivity contribution in [1.29, 1.82) is 0 Å². The third-order valence-electron chi connectivity index (χ3n) is 8.21. The minimum absolute atomic E-state index is 0.144. The number of esters is 1. The molecule has 2 saturated carbocycles. The van der Waals surface area contributed by atoms with Crippen molar-refractivity contribution in [2.45, 2.75) is 44.4 Å². The molecule has 0 spiro atoms. The highest BCUT2D eigenvalue weighted by molar-refractivity contribution is 9.10. The van der Waals surface area contributed by atoms with E-state index in [2.05, 4.69) is 26.6 Å². The van der Waals surface area contributed by atoms with Gasteiger partial charge in [-0.1, -0.05) is 22.4 Å². The summed E-state index contributed by atoms with van der Waals surface area (Å²) >= 11 is 3.44. The van der Waals surface area contributed by atoms with Crippen molar-refractivity contribution in [3.8, 4) is 5.69 Å². The summed E-state index contributed by atoms with van der Waals surface area (Å²) in [5.41, 5.74) is 2.96. The molecule has 2 aliphatic carbocycles. The van der Waals surface area contributed by atoms with Gasteiger partial charge in [0.2, 0.25) is 15.9 Å². The number of hydrogen-bond donors (Lipinski definition) is 2. The van der Waals surface area contributed by atoms with E-state index in [0.29, 0.717) is 47.2 Å². The number of nitrogens with zero attached hydrogens (tertiary/aromatic N) is 3. The van der Waals surface area contributed by atoms with Gasteiger partial charge in [-0.15, -0.1) is 0 Å². The van der Waals surface area contributed by atoms with Gasteiger partial charge in [-0.05, 0) is 80.0 Å². The fourth-order valence-corrected chi connectivity index (χ4v) is 7.16. The van der Waals surface area contributed by atoms with E-state index < -0.39 is 21.9 Å². The molecule has 0 saturated heterocycles. The van der Waals surface area contributed by atoms with Crippen molar-refractivity contribution in [2.75, 3.05) is 37.8 Å². The summed E-state index contributed by atoms with van der Waals surface area (Å²) in [6, 6.07) is 11.1. The van der Waals surface area contributed by atoms with Crippen LogP contribution < -0.4 is 14.9 Å². The summed E-state index contributed by atoms with van der Waals surface area (Å²) in [6.07, 6.45) is 5.41. The molecule has 0 unspecified atom stereocenters. The smallest absolute Gasteiger partial charge is 0.309 e. The number of carbonyl (C=O) groups is 3. The number of carbonyl (C=O) groups excluding carboxylic acids is 3. The van der Waals surface area contributed by atoms with Crippen molar-refractivity contribution in [3.63, 3.8) is 0 Å². The van der Waals surface area contributed by atoms with Gasteiger partial charge < -0.3 is 15.4 Å². The first kappa shape index (κ1) is 31.0. The second-order valence-corrected chi connectivity index (χ2v) is 14.0. The molecule has 2 fully saturated rings. The number of nitrogens with one attached hydrogen (secondary N) is 2. The SMILES string of the molecule is CNC(=O)c1c2cc(C3CC3)c(N(CCCNC(=O)[C@H]3CCC[C@H]3C(=O)OC)S(C)(=O)=O)cc2nn1-c1ccc(Br)cc1. The van der Waals surface area contributed by atoms with E-state index in [1.165, 1.54) is 17.7 Å². The molecular weight excluding hydrogens is 638 g/mol. The lowest BCUT2D eigenvalue weighted by Crippen LogP contribution is -2.38. The quantitative estimate of drug-likeness (QED) is 0.233. The summed E-state index contributed by atoms with van der Waals surface area (Å²) in [5.74, 6) is -1.58. The predicted molar refractivity (Wildman–Crippen MR) is 167 cm³/mol. The largest absolute Gasteiger partial charge is 0.469 e. The van der Waals surface area contributed by atoms with Crippen LogP contribution in [0.5, 0.6) is 0 Å². The van der Waals surface area contributed by atoms with E-state index >= 15 is 0 Å². The molecule has 0 radical (unpaired) electrons. The van der Waals surface area contributed by atoms with Gasteiger partial charge in [-0.2, -0.15) is 5.10 Å². The van der Waals surface area contributed by atoms with Gasteiger partial charge in [0.15, 0.2) is 0 Å². The van der Waals surface area contributed by atoms with Crippen LogP contribution in [0.3, 0.4) is 0 Å². The molecule has 2 amide bonds. The van der Waals surface area contributed by atoms with Gasteiger partial charge in [-0.25, -0.2) is 13.1 Å². The molecule has 2 N–H and O–H groups in total. The molecule has 0 bridgehead atoms. The van der Waals surface area contributed by atoms with Crippen LogP contribution in [0.1, 0.15) is 60.5 Å². The molecule has 230 valence electrons. The Kier molecular flexibility index (Phi) is 9.12. The van der Waals surface area contributed by atoms with Crippen molar-refractivity contribution >= 4 is 60.3 Å². The highest BCUT2D eigenvalue weighted by Gasteiger charge is 2.38. The molecule has 2 atom stereocenters. The first-order chi connectivity index (χ1) is 20.5. The maximum absolute atomic E-state index is 13.1. The van der Waals surface area contributed by atoms with E-state index in [4.69, 9.17) is 9.84 Å². The first-order valence-corrected chi connectivity index (χ1v) is 17.1. The number of halogens is 1. The standard InChI is InChI=1S/C30H36BrN5O6S/c1-32-29(38)27-24-16-23(18-8-9-18)26(17-25(24)34-36(27)20-12-10-19(31)11-13-20)35(43(3,40)41)15-5-14-33-28(37)21-6-4-7-22(21)30(39)42-2/h10-13,16-18,21-22H,4-9,14-15H2,1-3H3,(H,32,38)(H,33,37)/t21-,22+/m0/s1. The molecule has 1 aromatic heterocycles. The molecule has 0 aliphatic heterocycles. The number of hydrogen-bond acceptors (Lipinski definition) is 7. The molecule has 1 heterocycles. The van der Waals surface area contributed by atoms with Crippen molar-refractivity contribution in [1.82, 2.24) is 20.4 Å².